The third kappa shape index (κ3) is 3.39. The molecule has 0 fully saturated rings. The Morgan fingerprint density at radius 3 is 2.44 bits per heavy atom. The average Bonchev–Trinajstić information content (AvgIpc) is 2.62. The van der Waals surface area contributed by atoms with E-state index in [9.17, 15) is 0 Å². The standard InChI is InChI=1S/C13H15.2ClH.Zr/c1-4-11-6-5-10(3)12-7-9(2)8-13(11)12;;;/h5-8H,4H2,1-3H3;2*1H;/q-1;;;+2/p-2. The van der Waals surface area contributed by atoms with Crippen LogP contribution in [0.3, 0.4) is 0 Å². The van der Waals surface area contributed by atoms with Crippen LogP contribution in [0, 0.1) is 13.8 Å². The molecule has 0 heterocycles. The zero-order valence-corrected chi connectivity index (χ0v) is 13.7. The number of halogens is 2. The number of fused-ring (bicyclic) bond motifs is 1. The summed E-state index contributed by atoms with van der Waals surface area (Å²) in [7, 11) is 9.87. The molecule has 0 atom stereocenters. The first-order valence-electron chi connectivity index (χ1n) is 5.25. The van der Waals surface area contributed by atoms with Gasteiger partial charge in [-0.3, -0.25) is 0 Å². The average molecular weight is 333 g/mol. The van der Waals surface area contributed by atoms with Crippen LogP contribution in [-0.2, 0) is 27.3 Å². The predicted molar refractivity (Wildman–Crippen MR) is 70.1 cm³/mol. The van der Waals surface area contributed by atoms with Crippen LogP contribution in [0.2, 0.25) is 0 Å². The van der Waals surface area contributed by atoms with E-state index in [4.69, 9.17) is 17.0 Å². The zero-order valence-electron chi connectivity index (χ0n) is 9.77. The fraction of sp³-hybridized carbons (Fsp3) is 0.308. The van der Waals surface area contributed by atoms with Gasteiger partial charge < -0.3 is 0 Å². The summed E-state index contributed by atoms with van der Waals surface area (Å²) in [6.45, 7) is 6.56. The molecule has 0 aliphatic rings. The second-order valence-corrected chi connectivity index (χ2v) is 7.56. The summed E-state index contributed by atoms with van der Waals surface area (Å²) in [6.07, 6.45) is 1.13. The van der Waals surface area contributed by atoms with E-state index < -0.39 is 20.8 Å². The molecule has 16 heavy (non-hydrogen) atoms. The summed E-state index contributed by atoms with van der Waals surface area (Å²) < 4.78 is 0. The molecule has 0 radical (unpaired) electrons. The van der Waals surface area contributed by atoms with Crippen molar-refractivity contribution in [3.63, 3.8) is 0 Å². The maximum absolute atomic E-state index is 4.93. The van der Waals surface area contributed by atoms with Crippen LogP contribution in [-0.4, -0.2) is 0 Å². The fourth-order valence-electron chi connectivity index (χ4n) is 1.96. The minimum atomic E-state index is -0.826. The van der Waals surface area contributed by atoms with Gasteiger partial charge in [-0.1, -0.05) is 32.4 Å². The van der Waals surface area contributed by atoms with Crippen molar-refractivity contribution in [3.8, 4) is 0 Å². The fourth-order valence-corrected chi connectivity index (χ4v) is 1.96. The van der Waals surface area contributed by atoms with Crippen molar-refractivity contribution in [2.45, 2.75) is 27.2 Å². The zero-order chi connectivity index (χ0) is 12.1. The number of hydrogen-bond acceptors (Lipinski definition) is 0. The van der Waals surface area contributed by atoms with E-state index in [-0.39, 0.29) is 0 Å². The van der Waals surface area contributed by atoms with E-state index in [1.165, 1.54) is 27.5 Å². The molecule has 0 spiro atoms. The third-order valence-corrected chi connectivity index (χ3v) is 2.72. The molecule has 0 aliphatic heterocycles. The van der Waals surface area contributed by atoms with Gasteiger partial charge >= 0.3 is 37.9 Å². The van der Waals surface area contributed by atoms with Crippen molar-refractivity contribution in [2.24, 2.45) is 0 Å². The summed E-state index contributed by atoms with van der Waals surface area (Å²) >= 11 is -0.826. The summed E-state index contributed by atoms with van der Waals surface area (Å²) in [5.74, 6) is 0. The number of rotatable bonds is 1. The summed E-state index contributed by atoms with van der Waals surface area (Å²) in [6, 6.07) is 9.04. The Morgan fingerprint density at radius 1 is 1.25 bits per heavy atom. The van der Waals surface area contributed by atoms with E-state index >= 15 is 0 Å². The van der Waals surface area contributed by atoms with Gasteiger partial charge in [0, 0.05) is 0 Å². The molecule has 2 aromatic rings. The van der Waals surface area contributed by atoms with Crippen LogP contribution in [0.15, 0.2) is 24.3 Å². The van der Waals surface area contributed by atoms with Crippen LogP contribution in [0.25, 0.3) is 10.8 Å². The Hall–Kier alpha value is 0.293. The Morgan fingerprint density at radius 2 is 1.88 bits per heavy atom. The van der Waals surface area contributed by atoms with Gasteiger partial charge in [-0.25, -0.2) is 0 Å². The molecule has 0 N–H and O–H groups in total. The van der Waals surface area contributed by atoms with Crippen molar-refractivity contribution in [3.05, 3.63) is 41.0 Å². The first-order chi connectivity index (χ1) is 7.63. The first-order valence-corrected chi connectivity index (χ1v) is 11.6. The third-order valence-electron chi connectivity index (χ3n) is 2.72. The van der Waals surface area contributed by atoms with Crippen molar-refractivity contribution >= 4 is 27.8 Å². The molecule has 86 valence electrons. The molecular formula is C13H15Cl2Zr-. The Kier molecular flexibility index (Phi) is 6.18. The molecule has 0 saturated heterocycles. The van der Waals surface area contributed by atoms with Gasteiger partial charge in [-0.15, -0.1) is 34.0 Å². The van der Waals surface area contributed by atoms with Gasteiger partial charge in [0.15, 0.2) is 0 Å². The minimum absolute atomic E-state index is 0.826. The van der Waals surface area contributed by atoms with E-state index in [0.29, 0.717) is 0 Å². The SMILES string of the molecule is CCc1ccc(C)c2[cH-]c(C)cc12.[Cl][Zr][Cl]. The van der Waals surface area contributed by atoms with Gasteiger partial charge in [0.1, 0.15) is 0 Å². The molecule has 0 amide bonds. The quantitative estimate of drug-likeness (QED) is 0.636. The van der Waals surface area contributed by atoms with E-state index in [2.05, 4.69) is 45.0 Å². The Labute approximate surface area is 116 Å². The molecule has 2 aromatic carbocycles. The van der Waals surface area contributed by atoms with Gasteiger partial charge in [-0.05, 0) is 6.42 Å². The van der Waals surface area contributed by atoms with E-state index in [0.717, 1.165) is 6.42 Å². The van der Waals surface area contributed by atoms with E-state index in [1.807, 2.05) is 0 Å². The van der Waals surface area contributed by atoms with Crippen molar-refractivity contribution in [2.75, 3.05) is 0 Å². The molecule has 0 saturated carbocycles. The topological polar surface area (TPSA) is 0 Å². The van der Waals surface area contributed by atoms with Crippen molar-refractivity contribution < 1.29 is 20.8 Å². The molecule has 2 rings (SSSR count). The molecule has 0 aliphatic carbocycles. The second kappa shape index (κ2) is 6.89. The summed E-state index contributed by atoms with van der Waals surface area (Å²) in [4.78, 5) is 0. The normalized spacial score (nSPS) is 9.81. The van der Waals surface area contributed by atoms with Crippen LogP contribution in [0.4, 0.5) is 0 Å². The van der Waals surface area contributed by atoms with Crippen LogP contribution >= 0.6 is 17.0 Å². The second-order valence-electron chi connectivity index (χ2n) is 3.83. The molecule has 0 unspecified atom stereocenters. The first kappa shape index (κ1) is 14.4. The molecule has 3 heteroatoms. The summed E-state index contributed by atoms with van der Waals surface area (Å²) in [5, 5.41) is 2.87. The van der Waals surface area contributed by atoms with Crippen molar-refractivity contribution in [1.29, 1.82) is 0 Å². The Bertz CT molecular complexity index is 460. The van der Waals surface area contributed by atoms with Gasteiger partial charge in [0.25, 0.3) is 0 Å². The van der Waals surface area contributed by atoms with Crippen molar-refractivity contribution in [1.82, 2.24) is 0 Å². The molecular weight excluding hydrogens is 318 g/mol. The monoisotopic (exact) mass is 331 g/mol. The van der Waals surface area contributed by atoms with Gasteiger partial charge in [-0.2, -0.15) is 6.07 Å². The van der Waals surface area contributed by atoms with E-state index in [1.54, 1.807) is 0 Å². The molecule has 0 bridgehead atoms. The van der Waals surface area contributed by atoms with Gasteiger partial charge in [0.2, 0.25) is 0 Å². The van der Waals surface area contributed by atoms with Crippen LogP contribution < -0.4 is 0 Å². The number of hydrogen-bond donors (Lipinski definition) is 0. The maximum atomic E-state index is 4.93. The van der Waals surface area contributed by atoms with Crippen LogP contribution in [0.5, 0.6) is 0 Å². The number of benzene rings is 1. The molecule has 0 nitrogen and oxygen atoms in total. The number of aryl methyl sites for hydroxylation is 3. The Balaban J connectivity index is 0.000000386. The predicted octanol–water partition coefficient (Wildman–Crippen LogP) is 5.11. The van der Waals surface area contributed by atoms with Gasteiger partial charge in [0.05, 0.1) is 0 Å². The summed E-state index contributed by atoms with van der Waals surface area (Å²) in [5.41, 5.74) is 4.23. The molecule has 0 aromatic heterocycles. The van der Waals surface area contributed by atoms with Crippen LogP contribution in [0.1, 0.15) is 23.6 Å².